The van der Waals surface area contributed by atoms with Gasteiger partial charge in [0.15, 0.2) is 0 Å². The highest BCUT2D eigenvalue weighted by atomic mass is 16.5. The quantitative estimate of drug-likeness (QED) is 0.795. The maximum atomic E-state index is 9.40. The van der Waals surface area contributed by atoms with E-state index < -0.39 is 0 Å². The Morgan fingerprint density at radius 1 is 1.25 bits per heavy atom. The van der Waals surface area contributed by atoms with E-state index in [0.29, 0.717) is 6.54 Å². The van der Waals surface area contributed by atoms with Gasteiger partial charge in [-0.3, -0.25) is 14.2 Å². The fraction of sp³-hybridized carbons (Fsp3) is 0.647. The average Bonchev–Trinajstić information content (AvgIpc) is 2.96. The molecule has 3 heterocycles. The molecule has 1 N–H and O–H groups in total. The lowest BCUT2D eigenvalue weighted by Crippen LogP contribution is -2.42. The Labute approximate surface area is 142 Å². The lowest BCUT2D eigenvalue weighted by atomic mass is 10.3. The molecule has 132 valence electrons. The van der Waals surface area contributed by atoms with E-state index in [1.54, 1.807) is 0 Å². The summed E-state index contributed by atoms with van der Waals surface area (Å²) in [4.78, 5) is 13.6. The molecule has 7 nitrogen and oxygen atoms in total. The van der Waals surface area contributed by atoms with Crippen molar-refractivity contribution in [2.75, 3.05) is 52.5 Å². The first-order chi connectivity index (χ1) is 11.7. The van der Waals surface area contributed by atoms with Gasteiger partial charge in [0.1, 0.15) is 0 Å². The minimum absolute atomic E-state index is 0.163. The third-order valence-electron chi connectivity index (χ3n) is 4.50. The van der Waals surface area contributed by atoms with E-state index in [0.717, 1.165) is 68.8 Å². The highest BCUT2D eigenvalue weighted by Gasteiger charge is 2.15. The van der Waals surface area contributed by atoms with Crippen molar-refractivity contribution < 1.29 is 9.84 Å². The van der Waals surface area contributed by atoms with Crippen LogP contribution in [-0.4, -0.2) is 81.8 Å². The van der Waals surface area contributed by atoms with Gasteiger partial charge in [0.2, 0.25) is 5.78 Å². The molecule has 1 aliphatic heterocycles. The third-order valence-corrected chi connectivity index (χ3v) is 4.50. The smallest absolute Gasteiger partial charge is 0.234 e. The molecular weight excluding hydrogens is 306 g/mol. The Morgan fingerprint density at radius 3 is 2.79 bits per heavy atom. The summed E-state index contributed by atoms with van der Waals surface area (Å²) >= 11 is 0. The van der Waals surface area contributed by atoms with Gasteiger partial charge in [0.25, 0.3) is 0 Å². The van der Waals surface area contributed by atoms with Crippen molar-refractivity contribution in [2.24, 2.45) is 0 Å². The van der Waals surface area contributed by atoms with Crippen molar-refractivity contribution in [3.8, 4) is 0 Å². The number of fused-ring (bicyclic) bond motifs is 1. The molecule has 0 radical (unpaired) electrons. The standard InChI is InChI=1S/C17H27N5O2/c1-14-11-15(2)22-16(12-18-17(22)19-14)13-21(5-8-23)4-3-20-6-9-24-10-7-20/h11-12,23H,3-10,13H2,1-2H3. The molecule has 0 aliphatic carbocycles. The molecule has 2 aromatic rings. The predicted molar refractivity (Wildman–Crippen MR) is 92.1 cm³/mol. The van der Waals surface area contributed by atoms with Crippen LogP contribution in [0.1, 0.15) is 17.1 Å². The Morgan fingerprint density at radius 2 is 2.04 bits per heavy atom. The fourth-order valence-corrected chi connectivity index (χ4v) is 3.26. The van der Waals surface area contributed by atoms with Gasteiger partial charge in [0, 0.05) is 50.7 Å². The van der Waals surface area contributed by atoms with Gasteiger partial charge in [-0.2, -0.15) is 0 Å². The van der Waals surface area contributed by atoms with Crippen LogP contribution >= 0.6 is 0 Å². The molecule has 7 heteroatoms. The van der Waals surface area contributed by atoms with Crippen molar-refractivity contribution in [3.63, 3.8) is 0 Å². The van der Waals surface area contributed by atoms with Crippen LogP contribution in [0.5, 0.6) is 0 Å². The van der Waals surface area contributed by atoms with Crippen molar-refractivity contribution in [1.29, 1.82) is 0 Å². The number of hydrogen-bond donors (Lipinski definition) is 1. The topological polar surface area (TPSA) is 66.1 Å². The summed E-state index contributed by atoms with van der Waals surface area (Å²) in [6, 6.07) is 2.07. The molecule has 0 saturated carbocycles. The number of nitrogens with zero attached hydrogens (tertiary/aromatic N) is 5. The molecule has 0 unspecified atom stereocenters. The molecular formula is C17H27N5O2. The van der Waals surface area contributed by atoms with Crippen LogP contribution in [-0.2, 0) is 11.3 Å². The van der Waals surface area contributed by atoms with E-state index >= 15 is 0 Å². The van der Waals surface area contributed by atoms with E-state index in [-0.39, 0.29) is 6.61 Å². The Balaban J connectivity index is 1.68. The van der Waals surface area contributed by atoms with E-state index in [4.69, 9.17) is 4.74 Å². The number of rotatable bonds is 7. The number of ether oxygens (including phenoxy) is 1. The summed E-state index contributed by atoms with van der Waals surface area (Å²) in [7, 11) is 0. The number of aromatic nitrogens is 3. The number of aryl methyl sites for hydroxylation is 2. The van der Waals surface area contributed by atoms with Crippen molar-refractivity contribution in [2.45, 2.75) is 20.4 Å². The molecule has 1 aliphatic rings. The highest BCUT2D eigenvalue weighted by Crippen LogP contribution is 2.12. The molecule has 3 rings (SSSR count). The second-order valence-corrected chi connectivity index (χ2v) is 6.38. The molecule has 2 aromatic heterocycles. The number of morpholine rings is 1. The Hall–Kier alpha value is -1.54. The van der Waals surface area contributed by atoms with E-state index in [2.05, 4.69) is 37.2 Å². The Bertz CT molecular complexity index is 666. The Kier molecular flexibility index (Phi) is 5.78. The first kappa shape index (κ1) is 17.3. The van der Waals surface area contributed by atoms with Crippen LogP contribution < -0.4 is 0 Å². The fourth-order valence-electron chi connectivity index (χ4n) is 3.26. The molecule has 0 spiro atoms. The second kappa shape index (κ2) is 8.02. The predicted octanol–water partition coefficient (Wildman–Crippen LogP) is 0.473. The normalized spacial score (nSPS) is 16.3. The number of aliphatic hydroxyl groups is 1. The number of hydrogen-bond acceptors (Lipinski definition) is 6. The summed E-state index contributed by atoms with van der Waals surface area (Å²) < 4.78 is 7.50. The van der Waals surface area contributed by atoms with E-state index in [1.165, 1.54) is 0 Å². The summed E-state index contributed by atoms with van der Waals surface area (Å²) in [5, 5.41) is 9.40. The van der Waals surface area contributed by atoms with Gasteiger partial charge in [-0.05, 0) is 19.9 Å². The molecule has 0 bridgehead atoms. The average molecular weight is 333 g/mol. The molecule has 1 fully saturated rings. The van der Waals surface area contributed by atoms with Gasteiger partial charge >= 0.3 is 0 Å². The maximum Gasteiger partial charge on any atom is 0.234 e. The van der Waals surface area contributed by atoms with Crippen molar-refractivity contribution >= 4 is 5.78 Å². The lowest BCUT2D eigenvalue weighted by molar-refractivity contribution is 0.0319. The summed E-state index contributed by atoms with van der Waals surface area (Å²) in [5.41, 5.74) is 3.24. The van der Waals surface area contributed by atoms with Gasteiger partial charge in [-0.25, -0.2) is 9.97 Å². The minimum Gasteiger partial charge on any atom is -0.395 e. The molecule has 0 amide bonds. The lowest BCUT2D eigenvalue weighted by Gasteiger charge is -2.29. The zero-order valence-electron chi connectivity index (χ0n) is 14.6. The van der Waals surface area contributed by atoms with E-state index in [9.17, 15) is 5.11 Å². The third kappa shape index (κ3) is 4.10. The van der Waals surface area contributed by atoms with E-state index in [1.807, 2.05) is 13.1 Å². The molecule has 1 saturated heterocycles. The number of imidazole rings is 1. The minimum atomic E-state index is 0.163. The van der Waals surface area contributed by atoms with Crippen LogP contribution in [0.2, 0.25) is 0 Å². The van der Waals surface area contributed by atoms with Gasteiger partial charge < -0.3 is 9.84 Å². The van der Waals surface area contributed by atoms with Crippen molar-refractivity contribution in [1.82, 2.24) is 24.2 Å². The van der Waals surface area contributed by atoms with Gasteiger partial charge in [0.05, 0.1) is 31.7 Å². The first-order valence-corrected chi connectivity index (χ1v) is 8.61. The van der Waals surface area contributed by atoms with Crippen LogP contribution in [0.25, 0.3) is 5.78 Å². The summed E-state index contributed by atoms with van der Waals surface area (Å²) in [5.74, 6) is 0.750. The van der Waals surface area contributed by atoms with Crippen molar-refractivity contribution in [3.05, 3.63) is 29.3 Å². The zero-order valence-corrected chi connectivity index (χ0v) is 14.6. The summed E-state index contributed by atoms with van der Waals surface area (Å²) in [6.07, 6.45) is 1.90. The molecule has 0 atom stereocenters. The highest BCUT2D eigenvalue weighted by molar-refractivity contribution is 5.35. The monoisotopic (exact) mass is 333 g/mol. The molecule has 24 heavy (non-hydrogen) atoms. The van der Waals surface area contributed by atoms with Gasteiger partial charge in [-0.15, -0.1) is 0 Å². The first-order valence-electron chi connectivity index (χ1n) is 8.61. The zero-order chi connectivity index (χ0) is 16.9. The van der Waals surface area contributed by atoms with Crippen LogP contribution in [0, 0.1) is 13.8 Å². The SMILES string of the molecule is Cc1cc(C)n2c(CN(CCO)CCN3CCOCC3)cnc2n1. The van der Waals surface area contributed by atoms with Crippen LogP contribution in [0.15, 0.2) is 12.3 Å². The van der Waals surface area contributed by atoms with Crippen LogP contribution in [0.4, 0.5) is 0 Å². The largest absolute Gasteiger partial charge is 0.395 e. The summed E-state index contributed by atoms with van der Waals surface area (Å²) in [6.45, 7) is 11.2. The van der Waals surface area contributed by atoms with Crippen LogP contribution in [0.3, 0.4) is 0 Å². The number of aliphatic hydroxyl groups excluding tert-OH is 1. The maximum absolute atomic E-state index is 9.40. The second-order valence-electron chi connectivity index (χ2n) is 6.38. The molecule has 0 aromatic carbocycles. The van der Waals surface area contributed by atoms with Gasteiger partial charge in [-0.1, -0.05) is 0 Å².